The van der Waals surface area contributed by atoms with Crippen LogP contribution in [-0.4, -0.2) is 18.5 Å². The highest BCUT2D eigenvalue weighted by atomic mass is 16.2. The van der Waals surface area contributed by atoms with E-state index < -0.39 is 0 Å². The predicted molar refractivity (Wildman–Crippen MR) is 55.3 cm³/mol. The molecule has 1 atom stereocenters. The van der Waals surface area contributed by atoms with E-state index in [1.807, 2.05) is 0 Å². The molecule has 0 spiro atoms. The van der Waals surface area contributed by atoms with Gasteiger partial charge in [0, 0.05) is 6.54 Å². The smallest absolute Gasteiger partial charge is 0.236 e. The van der Waals surface area contributed by atoms with Gasteiger partial charge in [-0.15, -0.1) is 0 Å². The molecular weight excluding hydrogens is 164 g/mol. The van der Waals surface area contributed by atoms with E-state index in [9.17, 15) is 4.79 Å². The van der Waals surface area contributed by atoms with Gasteiger partial charge in [-0.2, -0.15) is 0 Å². The number of amides is 1. The largest absolute Gasteiger partial charge is 0.355 e. The first-order valence-electron chi connectivity index (χ1n) is 5.07. The van der Waals surface area contributed by atoms with Crippen LogP contribution in [0.2, 0.25) is 0 Å². The number of hydrogen-bond donors (Lipinski definition) is 2. The van der Waals surface area contributed by atoms with Crippen LogP contribution in [-0.2, 0) is 4.79 Å². The normalized spacial score (nSPS) is 13.0. The Bertz CT molecular complexity index is 144. The number of carbonyl (C=O) groups excluding carboxylic acids is 1. The molecule has 0 bridgehead atoms. The van der Waals surface area contributed by atoms with Crippen molar-refractivity contribution in [2.24, 2.45) is 11.7 Å². The lowest BCUT2D eigenvalue weighted by Gasteiger charge is -2.08. The molecule has 3 N–H and O–H groups in total. The zero-order valence-electron chi connectivity index (χ0n) is 8.97. The molecule has 0 fully saturated rings. The van der Waals surface area contributed by atoms with Gasteiger partial charge in [0.25, 0.3) is 0 Å². The Morgan fingerprint density at radius 2 is 1.92 bits per heavy atom. The highest BCUT2D eigenvalue weighted by molar-refractivity contribution is 5.80. The third kappa shape index (κ3) is 7.78. The van der Waals surface area contributed by atoms with E-state index in [-0.39, 0.29) is 11.9 Å². The minimum atomic E-state index is -0.384. The standard InChI is InChI=1S/C10H22N2O/c1-8(2)6-4-5-7-12-10(13)9(3)11/h8-9H,4-7,11H2,1-3H3,(H,12,13). The third-order valence-corrected chi connectivity index (χ3v) is 1.92. The van der Waals surface area contributed by atoms with E-state index in [0.717, 1.165) is 18.9 Å². The highest BCUT2D eigenvalue weighted by Gasteiger charge is 2.04. The van der Waals surface area contributed by atoms with E-state index in [0.29, 0.717) is 0 Å². The molecular formula is C10H22N2O. The zero-order valence-corrected chi connectivity index (χ0v) is 8.97. The molecule has 78 valence electrons. The molecule has 0 radical (unpaired) electrons. The summed E-state index contributed by atoms with van der Waals surface area (Å²) in [7, 11) is 0. The molecule has 0 heterocycles. The van der Waals surface area contributed by atoms with Gasteiger partial charge < -0.3 is 11.1 Å². The van der Waals surface area contributed by atoms with Crippen LogP contribution in [0.15, 0.2) is 0 Å². The number of unbranched alkanes of at least 4 members (excludes halogenated alkanes) is 1. The van der Waals surface area contributed by atoms with Crippen molar-refractivity contribution in [2.45, 2.75) is 46.1 Å². The van der Waals surface area contributed by atoms with Gasteiger partial charge in [0.2, 0.25) is 5.91 Å². The molecule has 1 unspecified atom stereocenters. The van der Waals surface area contributed by atoms with Crippen molar-refractivity contribution in [3.05, 3.63) is 0 Å². The van der Waals surface area contributed by atoms with Crippen LogP contribution >= 0.6 is 0 Å². The summed E-state index contributed by atoms with van der Waals surface area (Å²) in [5, 5.41) is 2.79. The molecule has 0 aliphatic heterocycles. The minimum absolute atomic E-state index is 0.0513. The van der Waals surface area contributed by atoms with Crippen LogP contribution in [0.1, 0.15) is 40.0 Å². The Morgan fingerprint density at radius 1 is 1.31 bits per heavy atom. The molecule has 0 aliphatic rings. The lowest BCUT2D eigenvalue weighted by Crippen LogP contribution is -2.38. The van der Waals surface area contributed by atoms with Crippen LogP contribution in [0.4, 0.5) is 0 Å². The Balaban J connectivity index is 3.21. The van der Waals surface area contributed by atoms with Crippen molar-refractivity contribution in [2.75, 3.05) is 6.54 Å². The van der Waals surface area contributed by atoms with E-state index >= 15 is 0 Å². The first kappa shape index (κ1) is 12.4. The quantitative estimate of drug-likeness (QED) is 0.614. The van der Waals surface area contributed by atoms with Gasteiger partial charge in [-0.25, -0.2) is 0 Å². The maximum Gasteiger partial charge on any atom is 0.236 e. The first-order chi connectivity index (χ1) is 6.04. The van der Waals surface area contributed by atoms with Gasteiger partial charge in [0.1, 0.15) is 0 Å². The Labute approximate surface area is 81.1 Å². The summed E-state index contributed by atoms with van der Waals surface area (Å²) in [5.74, 6) is 0.702. The number of nitrogens with one attached hydrogen (secondary N) is 1. The molecule has 3 heteroatoms. The molecule has 0 aliphatic carbocycles. The number of rotatable bonds is 6. The fourth-order valence-electron chi connectivity index (χ4n) is 1.05. The van der Waals surface area contributed by atoms with Gasteiger partial charge in [-0.05, 0) is 19.3 Å². The van der Waals surface area contributed by atoms with Crippen LogP contribution < -0.4 is 11.1 Å². The monoisotopic (exact) mass is 186 g/mol. The molecule has 0 aromatic rings. The van der Waals surface area contributed by atoms with Crippen LogP contribution in [0.3, 0.4) is 0 Å². The van der Waals surface area contributed by atoms with E-state index in [4.69, 9.17) is 5.73 Å². The molecule has 0 rings (SSSR count). The molecule has 0 aromatic carbocycles. The average molecular weight is 186 g/mol. The lowest BCUT2D eigenvalue weighted by atomic mass is 10.1. The van der Waals surface area contributed by atoms with Crippen molar-refractivity contribution in [3.63, 3.8) is 0 Å². The maximum absolute atomic E-state index is 11.0. The molecule has 13 heavy (non-hydrogen) atoms. The number of carbonyl (C=O) groups is 1. The molecule has 1 amide bonds. The van der Waals surface area contributed by atoms with Crippen LogP contribution in [0.25, 0.3) is 0 Å². The summed E-state index contributed by atoms with van der Waals surface area (Å²) in [6, 6.07) is -0.384. The molecule has 0 saturated carbocycles. The minimum Gasteiger partial charge on any atom is -0.355 e. The average Bonchev–Trinajstić information content (AvgIpc) is 2.02. The third-order valence-electron chi connectivity index (χ3n) is 1.92. The Hall–Kier alpha value is -0.570. The van der Waals surface area contributed by atoms with Crippen molar-refractivity contribution in [1.29, 1.82) is 0 Å². The van der Waals surface area contributed by atoms with Gasteiger partial charge >= 0.3 is 0 Å². The fraction of sp³-hybridized carbons (Fsp3) is 0.900. The van der Waals surface area contributed by atoms with Crippen molar-refractivity contribution in [1.82, 2.24) is 5.32 Å². The fourth-order valence-corrected chi connectivity index (χ4v) is 1.05. The maximum atomic E-state index is 11.0. The number of hydrogen-bond acceptors (Lipinski definition) is 2. The van der Waals surface area contributed by atoms with E-state index in [1.54, 1.807) is 6.92 Å². The van der Waals surface area contributed by atoms with Gasteiger partial charge in [-0.3, -0.25) is 4.79 Å². The molecule has 0 saturated heterocycles. The second-order valence-corrected chi connectivity index (χ2v) is 3.97. The number of nitrogens with two attached hydrogens (primary N) is 1. The SMILES string of the molecule is CC(C)CCCCNC(=O)C(C)N. The van der Waals surface area contributed by atoms with Gasteiger partial charge in [0.15, 0.2) is 0 Å². The summed E-state index contributed by atoms with van der Waals surface area (Å²) >= 11 is 0. The van der Waals surface area contributed by atoms with E-state index in [1.165, 1.54) is 12.8 Å². The molecule has 3 nitrogen and oxygen atoms in total. The second kappa shape index (κ2) is 6.89. The van der Waals surface area contributed by atoms with Gasteiger partial charge in [0.05, 0.1) is 6.04 Å². The van der Waals surface area contributed by atoms with E-state index in [2.05, 4.69) is 19.2 Å². The van der Waals surface area contributed by atoms with Crippen molar-refractivity contribution < 1.29 is 4.79 Å². The molecule has 0 aromatic heterocycles. The topological polar surface area (TPSA) is 55.1 Å². The highest BCUT2D eigenvalue weighted by Crippen LogP contribution is 2.04. The van der Waals surface area contributed by atoms with Crippen LogP contribution in [0.5, 0.6) is 0 Å². The van der Waals surface area contributed by atoms with Crippen molar-refractivity contribution >= 4 is 5.91 Å². The lowest BCUT2D eigenvalue weighted by molar-refractivity contribution is -0.121. The summed E-state index contributed by atoms with van der Waals surface area (Å²) in [4.78, 5) is 11.0. The summed E-state index contributed by atoms with van der Waals surface area (Å²) in [6.07, 6.45) is 3.46. The predicted octanol–water partition coefficient (Wildman–Crippen LogP) is 1.28. The Kier molecular flexibility index (Phi) is 6.59. The first-order valence-corrected chi connectivity index (χ1v) is 5.07. The van der Waals surface area contributed by atoms with Gasteiger partial charge in [-0.1, -0.05) is 26.7 Å². The Morgan fingerprint density at radius 3 is 2.38 bits per heavy atom. The second-order valence-electron chi connectivity index (χ2n) is 3.97. The summed E-state index contributed by atoms with van der Waals surface area (Å²) in [6.45, 7) is 6.87. The summed E-state index contributed by atoms with van der Waals surface area (Å²) in [5.41, 5.74) is 5.39. The van der Waals surface area contributed by atoms with Crippen molar-refractivity contribution in [3.8, 4) is 0 Å². The zero-order chi connectivity index (χ0) is 10.3. The summed E-state index contributed by atoms with van der Waals surface area (Å²) < 4.78 is 0. The van der Waals surface area contributed by atoms with Crippen LogP contribution in [0, 0.1) is 5.92 Å².